The Kier molecular flexibility index (Phi) is 7.35. The van der Waals surface area contributed by atoms with Gasteiger partial charge in [-0.1, -0.05) is 0 Å². The van der Waals surface area contributed by atoms with Crippen LogP contribution in [-0.4, -0.2) is 37.4 Å². The first-order chi connectivity index (χ1) is 3.92. The fraction of sp³-hybridized carbons (Fsp3) is 1.00. The molecule has 0 saturated heterocycles. The van der Waals surface area contributed by atoms with Gasteiger partial charge in [0.25, 0.3) is 10.1 Å². The van der Waals surface area contributed by atoms with Crippen molar-refractivity contribution in [3.63, 3.8) is 0 Å². The molecule has 0 aromatic rings. The van der Waals surface area contributed by atoms with Crippen molar-refractivity contribution in [2.75, 3.05) is 19.3 Å². The Labute approximate surface area is 82.0 Å². The smallest absolute Gasteiger partial charge is 0.785 e. The van der Waals surface area contributed by atoms with Crippen LogP contribution in [-0.2, 0) is 10.1 Å². The van der Waals surface area contributed by atoms with Crippen LogP contribution in [0.25, 0.3) is 0 Å². The molecule has 0 radical (unpaired) electrons. The van der Waals surface area contributed by atoms with E-state index in [1.165, 1.54) is 7.05 Å². The summed E-state index contributed by atoms with van der Waals surface area (Å²) in [4.78, 5) is 0. The number of hydrogen-bond donors (Lipinski definition) is 1. The van der Waals surface area contributed by atoms with Gasteiger partial charge in [0.2, 0.25) is 0 Å². The molecule has 0 aliphatic heterocycles. The maximum absolute atomic E-state index is 10.0. The van der Waals surface area contributed by atoms with Gasteiger partial charge in [-0.3, -0.25) is 4.55 Å². The van der Waals surface area contributed by atoms with Crippen LogP contribution in [0.15, 0.2) is 0 Å². The molecule has 0 rings (SSSR count). The summed E-state index contributed by atoms with van der Waals surface area (Å²) in [6, 6.07) is 0. The minimum atomic E-state index is -3.96. The van der Waals surface area contributed by atoms with Crippen LogP contribution >= 0.6 is 0 Å². The van der Waals surface area contributed by atoms with Crippen LogP contribution in [0.1, 0.15) is 0 Å². The summed E-state index contributed by atoms with van der Waals surface area (Å²) in [6.07, 6.45) is 0. The van der Waals surface area contributed by atoms with Crippen molar-refractivity contribution in [3.05, 3.63) is 5.21 Å². The largest absolute Gasteiger partial charge is 1.00 e. The Hall–Kier alpha value is 0.830. The minimum Gasteiger partial charge on any atom is -0.785 e. The van der Waals surface area contributed by atoms with Crippen molar-refractivity contribution < 1.29 is 42.5 Å². The molecule has 10 heavy (non-hydrogen) atoms. The van der Waals surface area contributed by atoms with E-state index in [4.69, 9.17) is 4.55 Å². The molecule has 0 amide bonds. The standard InChI is InChI=1S/C3H8NO4S.Na/c1-4(5)2-3-9(6,7)8;/h2-3H2,1H3,(H,6,7,8);/q-1;+1. The summed E-state index contributed by atoms with van der Waals surface area (Å²) in [5, 5.41) is 10.5. The van der Waals surface area contributed by atoms with Crippen molar-refractivity contribution in [3.8, 4) is 0 Å². The first kappa shape index (κ1) is 13.4. The molecular weight excluding hydrogens is 169 g/mol. The van der Waals surface area contributed by atoms with Gasteiger partial charge in [0.1, 0.15) is 0 Å². The topological polar surface area (TPSA) is 80.7 Å². The van der Waals surface area contributed by atoms with Gasteiger partial charge < -0.3 is 10.3 Å². The second-order valence-electron chi connectivity index (χ2n) is 1.64. The molecule has 1 N–H and O–H groups in total. The molecule has 0 unspecified atom stereocenters. The second-order valence-corrected chi connectivity index (χ2v) is 3.21. The monoisotopic (exact) mass is 177 g/mol. The average molecular weight is 177 g/mol. The molecule has 0 aliphatic carbocycles. The van der Waals surface area contributed by atoms with E-state index in [9.17, 15) is 13.6 Å². The normalized spacial score (nSPS) is 11.2. The Bertz CT molecular complexity index is 165. The van der Waals surface area contributed by atoms with Crippen LogP contribution in [0.5, 0.6) is 0 Å². The average Bonchev–Trinajstić information content (AvgIpc) is 1.59. The zero-order chi connectivity index (χ0) is 7.49. The second kappa shape index (κ2) is 5.48. The summed E-state index contributed by atoms with van der Waals surface area (Å²) in [6.45, 7) is -0.196. The quantitative estimate of drug-likeness (QED) is 0.273. The van der Waals surface area contributed by atoms with E-state index >= 15 is 0 Å². The van der Waals surface area contributed by atoms with Gasteiger partial charge >= 0.3 is 29.6 Å². The first-order valence-electron chi connectivity index (χ1n) is 2.25. The van der Waals surface area contributed by atoms with Crippen molar-refractivity contribution >= 4 is 10.1 Å². The third kappa shape index (κ3) is 11.6. The molecule has 0 aromatic carbocycles. The fourth-order valence-corrected chi connectivity index (χ4v) is 0.732. The van der Waals surface area contributed by atoms with E-state index in [1.807, 2.05) is 0 Å². The molecule has 7 heteroatoms. The van der Waals surface area contributed by atoms with E-state index in [-0.39, 0.29) is 36.1 Å². The zero-order valence-electron chi connectivity index (χ0n) is 5.94. The van der Waals surface area contributed by atoms with E-state index < -0.39 is 15.9 Å². The number of hydroxylamine groups is 2. The number of hydrogen-bond acceptors (Lipinski definition) is 4. The van der Waals surface area contributed by atoms with Crippen LogP contribution in [0, 0.1) is 5.21 Å². The Morgan fingerprint density at radius 3 is 2.10 bits per heavy atom. The van der Waals surface area contributed by atoms with Gasteiger partial charge in [-0.05, 0) is 7.05 Å². The van der Waals surface area contributed by atoms with Gasteiger partial charge in [-0.2, -0.15) is 8.42 Å². The molecule has 0 bridgehead atoms. The van der Waals surface area contributed by atoms with Crippen molar-refractivity contribution in [1.29, 1.82) is 0 Å². The van der Waals surface area contributed by atoms with Gasteiger partial charge in [-0.15, -0.1) is 0 Å². The third-order valence-electron chi connectivity index (χ3n) is 0.664. The van der Waals surface area contributed by atoms with Crippen LogP contribution in [0.2, 0.25) is 0 Å². The molecule has 0 fully saturated rings. The maximum atomic E-state index is 10.0. The van der Waals surface area contributed by atoms with E-state index in [1.54, 1.807) is 0 Å². The summed E-state index contributed by atoms with van der Waals surface area (Å²) in [7, 11) is -2.78. The predicted octanol–water partition coefficient (Wildman–Crippen LogP) is -3.69. The van der Waals surface area contributed by atoms with Crippen LogP contribution < -0.4 is 29.6 Å². The summed E-state index contributed by atoms with van der Waals surface area (Å²) in [5.74, 6) is -0.507. The van der Waals surface area contributed by atoms with Crippen LogP contribution in [0.3, 0.4) is 0 Å². The van der Waals surface area contributed by atoms with Crippen molar-refractivity contribution in [2.24, 2.45) is 0 Å². The van der Waals surface area contributed by atoms with Crippen molar-refractivity contribution in [2.45, 2.75) is 0 Å². The number of nitrogens with zero attached hydrogens (tertiary/aromatic N) is 1. The minimum absolute atomic E-state index is 0. The Morgan fingerprint density at radius 1 is 1.60 bits per heavy atom. The maximum Gasteiger partial charge on any atom is 1.00 e. The molecule has 0 saturated carbocycles. The van der Waals surface area contributed by atoms with Gasteiger partial charge in [-0.25, -0.2) is 0 Å². The number of rotatable bonds is 3. The molecule has 0 heterocycles. The molecule has 0 aromatic heterocycles. The predicted molar refractivity (Wildman–Crippen MR) is 32.4 cm³/mol. The van der Waals surface area contributed by atoms with E-state index in [0.29, 0.717) is 5.06 Å². The van der Waals surface area contributed by atoms with E-state index in [2.05, 4.69) is 0 Å². The summed E-state index contributed by atoms with van der Waals surface area (Å²) >= 11 is 0. The molecule has 0 aliphatic rings. The molecule has 5 nitrogen and oxygen atoms in total. The molecule has 0 atom stereocenters. The fourth-order valence-electron chi connectivity index (χ4n) is 0.244. The van der Waals surface area contributed by atoms with Gasteiger partial charge in [0, 0.05) is 6.54 Å². The Morgan fingerprint density at radius 2 is 2.00 bits per heavy atom. The zero-order valence-corrected chi connectivity index (χ0v) is 8.76. The van der Waals surface area contributed by atoms with Crippen molar-refractivity contribution in [1.82, 2.24) is 5.06 Å². The third-order valence-corrected chi connectivity index (χ3v) is 1.36. The summed E-state index contributed by atoms with van der Waals surface area (Å²) < 4.78 is 27.9. The summed E-state index contributed by atoms with van der Waals surface area (Å²) in [5.41, 5.74) is 0. The molecule has 56 valence electrons. The van der Waals surface area contributed by atoms with Crippen LogP contribution in [0.4, 0.5) is 0 Å². The van der Waals surface area contributed by atoms with Gasteiger partial charge in [0.05, 0.1) is 5.75 Å². The van der Waals surface area contributed by atoms with E-state index in [0.717, 1.165) is 0 Å². The van der Waals surface area contributed by atoms with Gasteiger partial charge in [0.15, 0.2) is 0 Å². The Balaban J connectivity index is 0. The first-order valence-corrected chi connectivity index (χ1v) is 3.86. The SMILES string of the molecule is CN([O-])CCS(=O)(=O)O.[Na+]. The molecular formula is C3H8NNaO4S. The molecule has 0 spiro atoms.